The molecule has 4 heteroatoms. The highest BCUT2D eigenvalue weighted by Crippen LogP contribution is 2.26. The Kier molecular flexibility index (Phi) is 8.23. The number of ether oxygens (including phenoxy) is 2. The van der Waals surface area contributed by atoms with Crippen molar-refractivity contribution in [2.24, 2.45) is 0 Å². The second-order valence-electron chi connectivity index (χ2n) is 4.76. The van der Waals surface area contributed by atoms with E-state index in [4.69, 9.17) is 9.47 Å². The van der Waals surface area contributed by atoms with E-state index in [2.05, 4.69) is 19.2 Å². The number of hydrogen-bond acceptors (Lipinski definition) is 3. The Morgan fingerprint density at radius 1 is 1.25 bits per heavy atom. The summed E-state index contributed by atoms with van der Waals surface area (Å²) in [5.74, 6) is 0.355. The normalized spacial score (nSPS) is 12.4. The van der Waals surface area contributed by atoms with Gasteiger partial charge >= 0.3 is 0 Å². The van der Waals surface area contributed by atoms with Crippen molar-refractivity contribution in [1.82, 2.24) is 5.32 Å². The van der Waals surface area contributed by atoms with Crippen LogP contribution in [0.15, 0.2) is 18.2 Å². The molecule has 1 atom stereocenters. The Morgan fingerprint density at radius 2 is 2.05 bits per heavy atom. The van der Waals surface area contributed by atoms with Gasteiger partial charge in [-0.05, 0) is 32.9 Å². The predicted octanol–water partition coefficient (Wildman–Crippen LogP) is 3.69. The van der Waals surface area contributed by atoms with Crippen LogP contribution in [0.3, 0.4) is 0 Å². The summed E-state index contributed by atoms with van der Waals surface area (Å²) in [6, 6.07) is 4.88. The lowest BCUT2D eigenvalue weighted by molar-refractivity contribution is 0.130. The van der Waals surface area contributed by atoms with Gasteiger partial charge in [-0.25, -0.2) is 4.39 Å². The highest BCUT2D eigenvalue weighted by atomic mass is 19.1. The number of nitrogens with one attached hydrogen (secondary N) is 1. The lowest BCUT2D eigenvalue weighted by Crippen LogP contribution is -2.20. The maximum absolute atomic E-state index is 13.4. The quantitative estimate of drug-likeness (QED) is 0.664. The van der Waals surface area contributed by atoms with Crippen LogP contribution in [-0.2, 0) is 4.74 Å². The van der Waals surface area contributed by atoms with Crippen LogP contribution in [-0.4, -0.2) is 26.4 Å². The van der Waals surface area contributed by atoms with Gasteiger partial charge in [-0.15, -0.1) is 0 Å². The molecule has 1 aromatic rings. The van der Waals surface area contributed by atoms with Crippen LogP contribution < -0.4 is 10.1 Å². The molecule has 1 rings (SSSR count). The monoisotopic (exact) mass is 283 g/mol. The molecule has 0 amide bonds. The van der Waals surface area contributed by atoms with Crippen molar-refractivity contribution in [1.29, 1.82) is 0 Å². The molecule has 0 saturated heterocycles. The van der Waals surface area contributed by atoms with Crippen LogP contribution >= 0.6 is 0 Å². The molecule has 0 heterocycles. The van der Waals surface area contributed by atoms with Crippen LogP contribution in [0.2, 0.25) is 0 Å². The van der Waals surface area contributed by atoms with Gasteiger partial charge in [0.15, 0.2) is 0 Å². The fourth-order valence-corrected chi connectivity index (χ4v) is 1.95. The molecule has 0 aromatic heterocycles. The predicted molar refractivity (Wildman–Crippen MR) is 79.7 cm³/mol. The van der Waals surface area contributed by atoms with Gasteiger partial charge < -0.3 is 14.8 Å². The second-order valence-corrected chi connectivity index (χ2v) is 4.76. The fraction of sp³-hybridized carbons (Fsp3) is 0.625. The maximum Gasteiger partial charge on any atom is 0.126 e. The smallest absolute Gasteiger partial charge is 0.126 e. The first-order chi connectivity index (χ1) is 9.69. The van der Waals surface area contributed by atoms with Gasteiger partial charge in [0.25, 0.3) is 0 Å². The number of rotatable bonds is 10. The van der Waals surface area contributed by atoms with Crippen LogP contribution in [0.4, 0.5) is 4.39 Å². The van der Waals surface area contributed by atoms with Gasteiger partial charge in [0.05, 0.1) is 6.61 Å². The average molecular weight is 283 g/mol. The molecule has 0 aliphatic carbocycles. The lowest BCUT2D eigenvalue weighted by atomic mass is 10.1. The summed E-state index contributed by atoms with van der Waals surface area (Å²) >= 11 is 0. The summed E-state index contributed by atoms with van der Waals surface area (Å²) in [6.45, 7) is 9.01. The van der Waals surface area contributed by atoms with Crippen molar-refractivity contribution in [3.05, 3.63) is 29.6 Å². The van der Waals surface area contributed by atoms with E-state index < -0.39 is 0 Å². The van der Waals surface area contributed by atoms with Crippen LogP contribution in [0.1, 0.15) is 45.2 Å². The van der Waals surface area contributed by atoms with Gasteiger partial charge in [-0.1, -0.05) is 13.0 Å². The van der Waals surface area contributed by atoms with E-state index >= 15 is 0 Å². The molecule has 3 nitrogen and oxygen atoms in total. The molecule has 0 fully saturated rings. The van der Waals surface area contributed by atoms with Gasteiger partial charge in [-0.3, -0.25) is 0 Å². The summed E-state index contributed by atoms with van der Waals surface area (Å²) < 4.78 is 24.3. The minimum absolute atomic E-state index is 0.150. The zero-order chi connectivity index (χ0) is 14.8. The Hall–Kier alpha value is -1.13. The summed E-state index contributed by atoms with van der Waals surface area (Å²) in [7, 11) is 0. The zero-order valence-corrected chi connectivity index (χ0v) is 12.7. The molecule has 1 unspecified atom stereocenters. The van der Waals surface area contributed by atoms with E-state index in [1.165, 1.54) is 12.1 Å². The Morgan fingerprint density at radius 3 is 2.75 bits per heavy atom. The second kappa shape index (κ2) is 9.72. The highest BCUT2D eigenvalue weighted by Gasteiger charge is 2.12. The summed E-state index contributed by atoms with van der Waals surface area (Å²) in [5.41, 5.74) is 0.997. The lowest BCUT2D eigenvalue weighted by Gasteiger charge is -2.18. The third-order valence-electron chi connectivity index (χ3n) is 3.04. The van der Waals surface area contributed by atoms with Gasteiger partial charge in [-0.2, -0.15) is 0 Å². The van der Waals surface area contributed by atoms with Crippen LogP contribution in [0.25, 0.3) is 0 Å². The van der Waals surface area contributed by atoms with Gasteiger partial charge in [0.2, 0.25) is 0 Å². The number of benzene rings is 1. The molecule has 0 saturated carbocycles. The molecule has 1 aromatic carbocycles. The van der Waals surface area contributed by atoms with Crippen molar-refractivity contribution >= 4 is 0 Å². The van der Waals surface area contributed by atoms with Gasteiger partial charge in [0, 0.05) is 37.3 Å². The Balaban J connectivity index is 2.60. The number of halogens is 1. The van der Waals surface area contributed by atoms with E-state index in [0.717, 1.165) is 24.9 Å². The summed E-state index contributed by atoms with van der Waals surface area (Å²) in [4.78, 5) is 0. The third kappa shape index (κ3) is 5.88. The zero-order valence-electron chi connectivity index (χ0n) is 12.7. The van der Waals surface area contributed by atoms with E-state index in [1.807, 2.05) is 6.92 Å². The first kappa shape index (κ1) is 16.9. The average Bonchev–Trinajstić information content (AvgIpc) is 2.44. The van der Waals surface area contributed by atoms with E-state index in [0.29, 0.717) is 25.6 Å². The molecule has 1 N–H and O–H groups in total. The summed E-state index contributed by atoms with van der Waals surface area (Å²) in [6.07, 6.45) is 1.87. The molecule has 0 radical (unpaired) electrons. The Labute approximate surface area is 121 Å². The van der Waals surface area contributed by atoms with Crippen LogP contribution in [0, 0.1) is 5.82 Å². The first-order valence-corrected chi connectivity index (χ1v) is 7.42. The van der Waals surface area contributed by atoms with Crippen molar-refractivity contribution in [3.8, 4) is 5.75 Å². The number of hydrogen-bond donors (Lipinski definition) is 1. The van der Waals surface area contributed by atoms with Crippen molar-refractivity contribution in [2.45, 2.75) is 39.7 Å². The Bertz CT molecular complexity index is 385. The van der Waals surface area contributed by atoms with Crippen LogP contribution in [0.5, 0.6) is 5.75 Å². The standard InChI is InChI=1S/C16H26FNO2/c1-4-9-18-13(3)15-8-7-14(17)12-16(15)20-11-6-10-19-5-2/h7-8,12-13,18H,4-6,9-11H2,1-3H3. The topological polar surface area (TPSA) is 30.5 Å². The third-order valence-corrected chi connectivity index (χ3v) is 3.04. The van der Waals surface area contributed by atoms with Crippen molar-refractivity contribution in [3.63, 3.8) is 0 Å². The van der Waals surface area contributed by atoms with Gasteiger partial charge in [0.1, 0.15) is 11.6 Å². The van der Waals surface area contributed by atoms with E-state index in [-0.39, 0.29) is 11.9 Å². The molecule has 114 valence electrons. The van der Waals surface area contributed by atoms with E-state index in [9.17, 15) is 4.39 Å². The fourth-order valence-electron chi connectivity index (χ4n) is 1.95. The minimum atomic E-state index is -0.267. The molecule has 0 aliphatic heterocycles. The minimum Gasteiger partial charge on any atom is -0.493 e. The molecular weight excluding hydrogens is 257 g/mol. The SMILES string of the molecule is CCCNC(C)c1ccc(F)cc1OCCCOCC. The molecule has 0 aliphatic rings. The maximum atomic E-state index is 13.4. The van der Waals surface area contributed by atoms with E-state index in [1.54, 1.807) is 6.07 Å². The molecule has 0 spiro atoms. The summed E-state index contributed by atoms with van der Waals surface area (Å²) in [5, 5.41) is 3.39. The first-order valence-electron chi connectivity index (χ1n) is 7.42. The highest BCUT2D eigenvalue weighted by molar-refractivity contribution is 5.36. The largest absolute Gasteiger partial charge is 0.493 e. The van der Waals surface area contributed by atoms with Crippen molar-refractivity contribution in [2.75, 3.05) is 26.4 Å². The van der Waals surface area contributed by atoms with Crippen molar-refractivity contribution < 1.29 is 13.9 Å². The molecule has 0 bridgehead atoms. The molecule has 20 heavy (non-hydrogen) atoms. The molecular formula is C16H26FNO2.